The Bertz CT molecular complexity index is 1150. The Hall–Kier alpha value is -3.57. The normalized spacial score (nSPS) is 19.1. The number of hydrogen-bond acceptors (Lipinski definition) is 9. The number of carboxylic acid groups (broad SMARTS) is 1. The lowest BCUT2D eigenvalue weighted by molar-refractivity contribution is -0.143. The quantitative estimate of drug-likeness (QED) is 0.476. The molecule has 1 saturated carbocycles. The molecule has 182 valence electrons. The summed E-state index contributed by atoms with van der Waals surface area (Å²) in [6.07, 6.45) is 1.69. The van der Waals surface area contributed by atoms with Gasteiger partial charge in [0.2, 0.25) is 5.89 Å². The van der Waals surface area contributed by atoms with Crippen LogP contribution in [0.4, 0.5) is 10.3 Å². The van der Waals surface area contributed by atoms with Crippen LogP contribution in [0.5, 0.6) is 5.75 Å². The molecule has 0 aliphatic heterocycles. The molecule has 12 heteroatoms. The highest BCUT2D eigenvalue weighted by Crippen LogP contribution is 2.30. The minimum atomic E-state index is -1.07. The van der Waals surface area contributed by atoms with Crippen molar-refractivity contribution in [1.82, 2.24) is 30.1 Å². The predicted octanol–water partition coefficient (Wildman–Crippen LogP) is 3.10. The van der Waals surface area contributed by atoms with Crippen molar-refractivity contribution in [2.75, 3.05) is 5.32 Å². The molecule has 0 spiro atoms. The Morgan fingerprint density at radius 1 is 1.38 bits per heavy atom. The van der Waals surface area contributed by atoms with Gasteiger partial charge in [-0.05, 0) is 56.8 Å². The Morgan fingerprint density at radius 2 is 2.21 bits per heavy atom. The van der Waals surface area contributed by atoms with E-state index in [0.29, 0.717) is 42.2 Å². The van der Waals surface area contributed by atoms with Gasteiger partial charge in [-0.1, -0.05) is 5.21 Å². The summed E-state index contributed by atoms with van der Waals surface area (Å²) in [5.41, 5.74) is 2.65. The maximum atomic E-state index is 13.1. The summed E-state index contributed by atoms with van der Waals surface area (Å²) in [5, 5.41) is 24.5. The van der Waals surface area contributed by atoms with E-state index in [2.05, 4.69) is 30.8 Å². The van der Waals surface area contributed by atoms with Crippen molar-refractivity contribution < 1.29 is 23.6 Å². The number of aromatic nitrogens is 6. The van der Waals surface area contributed by atoms with Gasteiger partial charge in [-0.15, -0.1) is 5.10 Å². The number of anilines is 1. The lowest BCUT2D eigenvalue weighted by Crippen LogP contribution is -2.29. The number of nitrogens with one attached hydrogen (secondary N) is 1. The molecule has 1 aliphatic carbocycles. The van der Waals surface area contributed by atoms with Crippen LogP contribution in [0.2, 0.25) is 0 Å². The van der Waals surface area contributed by atoms with E-state index >= 15 is 0 Å². The molecule has 1 aliphatic rings. The second kappa shape index (κ2) is 10.1. The standard InChI is InChI=1S/C22H28FN7O4/c1-12(23)9-19-26-22(28-34-19)24-11-17-20(27-29-30(17)3)16-7-8-18(13(2)25-16)33-15-6-4-5-14(10-15)21(31)32/h7-8,12,14-15H,4-6,9-11H2,1-3H3,(H,24,28)(H,31,32)/t12?,14-,15-/m0/s1. The molecule has 3 aromatic heterocycles. The minimum Gasteiger partial charge on any atom is -0.489 e. The molecule has 3 aromatic rings. The van der Waals surface area contributed by atoms with Crippen LogP contribution >= 0.6 is 0 Å². The molecule has 0 saturated heterocycles. The lowest BCUT2D eigenvalue weighted by atomic mass is 9.87. The number of aryl methyl sites for hydroxylation is 2. The van der Waals surface area contributed by atoms with Crippen molar-refractivity contribution >= 4 is 11.9 Å². The van der Waals surface area contributed by atoms with Gasteiger partial charge in [0, 0.05) is 7.05 Å². The molecule has 3 heterocycles. The molecule has 11 nitrogen and oxygen atoms in total. The first kappa shape index (κ1) is 23.6. The average Bonchev–Trinajstić information content (AvgIpc) is 3.39. The predicted molar refractivity (Wildman–Crippen MR) is 119 cm³/mol. The summed E-state index contributed by atoms with van der Waals surface area (Å²) in [5.74, 6) is -0.0260. The van der Waals surface area contributed by atoms with E-state index < -0.39 is 12.1 Å². The van der Waals surface area contributed by atoms with Crippen molar-refractivity contribution in [3.63, 3.8) is 0 Å². The van der Waals surface area contributed by atoms with Gasteiger partial charge in [0.05, 0.1) is 42.1 Å². The summed E-state index contributed by atoms with van der Waals surface area (Å²) in [6, 6.07) is 3.64. The Morgan fingerprint density at radius 3 is 2.94 bits per heavy atom. The second-order valence-electron chi connectivity index (χ2n) is 8.58. The summed E-state index contributed by atoms with van der Waals surface area (Å²) in [6.45, 7) is 3.58. The smallest absolute Gasteiger partial charge is 0.306 e. The van der Waals surface area contributed by atoms with Crippen molar-refractivity contribution in [2.45, 2.75) is 64.8 Å². The van der Waals surface area contributed by atoms with Crippen LogP contribution in [0.25, 0.3) is 11.4 Å². The fraction of sp³-hybridized carbons (Fsp3) is 0.545. The zero-order chi connectivity index (χ0) is 24.2. The summed E-state index contributed by atoms with van der Waals surface area (Å²) in [7, 11) is 1.77. The summed E-state index contributed by atoms with van der Waals surface area (Å²) in [4.78, 5) is 20.1. The number of rotatable bonds is 9. The Labute approximate surface area is 195 Å². The molecule has 0 amide bonds. The third-order valence-electron chi connectivity index (χ3n) is 5.83. The third-order valence-corrected chi connectivity index (χ3v) is 5.83. The van der Waals surface area contributed by atoms with Crippen molar-refractivity contribution in [1.29, 1.82) is 0 Å². The van der Waals surface area contributed by atoms with Crippen molar-refractivity contribution in [3.05, 3.63) is 29.4 Å². The molecule has 4 rings (SSSR count). The number of carbonyl (C=O) groups is 1. The number of hydrogen-bond donors (Lipinski definition) is 2. The highest BCUT2D eigenvalue weighted by molar-refractivity contribution is 5.70. The number of pyridine rings is 1. The summed E-state index contributed by atoms with van der Waals surface area (Å²) >= 11 is 0. The van der Waals surface area contributed by atoms with E-state index in [1.807, 2.05) is 19.1 Å². The fourth-order valence-corrected chi connectivity index (χ4v) is 4.05. The van der Waals surface area contributed by atoms with Crippen LogP contribution < -0.4 is 10.1 Å². The van der Waals surface area contributed by atoms with Crippen LogP contribution in [-0.2, 0) is 24.8 Å². The van der Waals surface area contributed by atoms with Crippen molar-refractivity contribution in [2.24, 2.45) is 13.0 Å². The van der Waals surface area contributed by atoms with Gasteiger partial charge in [-0.25, -0.2) is 14.1 Å². The van der Waals surface area contributed by atoms with E-state index in [4.69, 9.17) is 9.26 Å². The molecule has 0 bridgehead atoms. The molecule has 3 atom stereocenters. The molecule has 1 fully saturated rings. The topological polar surface area (TPSA) is 141 Å². The number of carboxylic acids is 1. The fourth-order valence-electron chi connectivity index (χ4n) is 4.05. The Kier molecular flexibility index (Phi) is 7.03. The first-order valence-corrected chi connectivity index (χ1v) is 11.3. The van der Waals surface area contributed by atoms with Gasteiger partial charge >= 0.3 is 5.97 Å². The van der Waals surface area contributed by atoms with Gasteiger partial charge in [0.15, 0.2) is 0 Å². The van der Waals surface area contributed by atoms with E-state index in [0.717, 1.165) is 18.5 Å². The molecule has 2 N–H and O–H groups in total. The first-order chi connectivity index (χ1) is 16.3. The monoisotopic (exact) mass is 473 g/mol. The SMILES string of the molecule is Cc1nc(-c2nnn(C)c2CNc2noc(CC(C)F)n2)ccc1O[C@H]1CCC[C@H](C(=O)O)C1. The second-order valence-corrected chi connectivity index (χ2v) is 8.58. The minimum absolute atomic E-state index is 0.0582. The number of nitrogens with zero attached hydrogens (tertiary/aromatic N) is 6. The third kappa shape index (κ3) is 5.49. The van der Waals surface area contributed by atoms with Crippen LogP contribution in [0, 0.1) is 12.8 Å². The number of halogens is 1. The zero-order valence-corrected chi connectivity index (χ0v) is 19.4. The van der Waals surface area contributed by atoms with Gasteiger partial charge in [0.25, 0.3) is 5.95 Å². The molecule has 34 heavy (non-hydrogen) atoms. The van der Waals surface area contributed by atoms with E-state index in [-0.39, 0.29) is 30.3 Å². The van der Waals surface area contributed by atoms with Crippen molar-refractivity contribution in [3.8, 4) is 17.1 Å². The van der Waals surface area contributed by atoms with E-state index in [9.17, 15) is 14.3 Å². The largest absolute Gasteiger partial charge is 0.489 e. The number of alkyl halides is 1. The molecular weight excluding hydrogens is 445 g/mol. The van der Waals surface area contributed by atoms with Crippen LogP contribution in [0.1, 0.15) is 49.9 Å². The van der Waals surface area contributed by atoms with Gasteiger partial charge in [-0.3, -0.25) is 4.79 Å². The average molecular weight is 474 g/mol. The van der Waals surface area contributed by atoms with Crippen LogP contribution in [0.15, 0.2) is 16.7 Å². The van der Waals surface area contributed by atoms with E-state index in [1.54, 1.807) is 11.7 Å². The lowest BCUT2D eigenvalue weighted by Gasteiger charge is -2.27. The first-order valence-electron chi connectivity index (χ1n) is 11.3. The van der Waals surface area contributed by atoms with Crippen LogP contribution in [0.3, 0.4) is 0 Å². The Balaban J connectivity index is 1.45. The van der Waals surface area contributed by atoms with Crippen LogP contribution in [-0.4, -0.2) is 53.5 Å². The molecule has 0 aromatic carbocycles. The molecule has 0 radical (unpaired) electrons. The number of aliphatic carboxylic acids is 1. The van der Waals surface area contributed by atoms with Gasteiger partial charge in [-0.2, -0.15) is 4.98 Å². The molecular formula is C22H28FN7O4. The van der Waals surface area contributed by atoms with Gasteiger partial charge in [0.1, 0.15) is 17.6 Å². The maximum Gasteiger partial charge on any atom is 0.306 e. The number of ether oxygens (including phenoxy) is 1. The highest BCUT2D eigenvalue weighted by Gasteiger charge is 2.28. The highest BCUT2D eigenvalue weighted by atomic mass is 19.1. The van der Waals surface area contributed by atoms with E-state index in [1.165, 1.54) is 6.92 Å². The molecule has 1 unspecified atom stereocenters. The summed E-state index contributed by atoms with van der Waals surface area (Å²) < 4.78 is 25.9. The zero-order valence-electron chi connectivity index (χ0n) is 19.4. The van der Waals surface area contributed by atoms with Gasteiger partial charge < -0.3 is 19.7 Å². The maximum absolute atomic E-state index is 13.1.